The fourth-order valence-corrected chi connectivity index (χ4v) is 2.40. The van der Waals surface area contributed by atoms with E-state index in [1.807, 2.05) is 0 Å². The molecule has 1 unspecified atom stereocenters. The molecule has 0 aromatic carbocycles. The van der Waals surface area contributed by atoms with E-state index in [0.717, 1.165) is 0 Å². The Morgan fingerprint density at radius 3 is 2.96 bits per heavy atom. The molecule has 0 saturated carbocycles. The molecule has 1 saturated heterocycles. The minimum absolute atomic E-state index is 0.0402. The maximum Gasteiger partial charge on any atom is 0.307 e. The smallest absolute Gasteiger partial charge is 0.307 e. The molecule has 1 aromatic heterocycles. The number of carbonyl (C=O) groups excluding carboxylic acids is 2. The second kappa shape index (κ2) is 8.94. The van der Waals surface area contributed by atoms with E-state index < -0.39 is 5.97 Å². The van der Waals surface area contributed by atoms with E-state index in [4.69, 9.17) is 14.2 Å². The van der Waals surface area contributed by atoms with Crippen molar-refractivity contribution < 1.29 is 23.8 Å². The quantitative estimate of drug-likeness (QED) is 0.546. The van der Waals surface area contributed by atoms with Gasteiger partial charge in [0.05, 0.1) is 13.0 Å². The summed E-state index contributed by atoms with van der Waals surface area (Å²) in [6.45, 7) is 0.915. The molecule has 1 amide bonds. The third-order valence-electron chi connectivity index (χ3n) is 3.74. The van der Waals surface area contributed by atoms with E-state index in [-0.39, 0.29) is 38.4 Å². The highest BCUT2D eigenvalue weighted by molar-refractivity contribution is 6.07. The minimum atomic E-state index is -0.415. The molecule has 3 rings (SSSR count). The Hall–Kier alpha value is -2.95. The van der Waals surface area contributed by atoms with Crippen LogP contribution in [0.2, 0.25) is 0 Å². The van der Waals surface area contributed by atoms with Crippen molar-refractivity contribution in [2.24, 2.45) is 0 Å². The Morgan fingerprint density at radius 2 is 2.27 bits per heavy atom. The molecule has 26 heavy (non-hydrogen) atoms. The average molecular weight is 354 g/mol. The molecule has 1 aliphatic heterocycles. The Morgan fingerprint density at radius 1 is 1.35 bits per heavy atom. The van der Waals surface area contributed by atoms with Crippen LogP contribution in [-0.2, 0) is 23.8 Å². The SMILES string of the molecule is O=C(CCN(C(=O)C1=CC=C=C=C1)c1ccccn1)OCC1COCO1. The van der Waals surface area contributed by atoms with E-state index in [2.05, 4.69) is 16.4 Å². The van der Waals surface area contributed by atoms with Crippen LogP contribution in [0.1, 0.15) is 6.42 Å². The molecule has 0 bridgehead atoms. The van der Waals surface area contributed by atoms with Gasteiger partial charge in [0.1, 0.15) is 25.3 Å². The fourth-order valence-electron chi connectivity index (χ4n) is 2.40. The summed E-state index contributed by atoms with van der Waals surface area (Å²) < 4.78 is 15.4. The maximum atomic E-state index is 12.8. The Kier molecular flexibility index (Phi) is 6.14. The van der Waals surface area contributed by atoms with Crippen LogP contribution in [0.4, 0.5) is 5.82 Å². The average Bonchev–Trinajstić information content (AvgIpc) is 3.21. The predicted octanol–water partition coefficient (Wildman–Crippen LogP) is 1.53. The van der Waals surface area contributed by atoms with Gasteiger partial charge in [-0.1, -0.05) is 17.5 Å². The lowest BCUT2D eigenvalue weighted by Gasteiger charge is -2.22. The summed E-state index contributed by atoms with van der Waals surface area (Å²) >= 11 is 0. The van der Waals surface area contributed by atoms with Crippen molar-refractivity contribution in [3.05, 3.63) is 59.7 Å². The van der Waals surface area contributed by atoms with Crippen LogP contribution in [0.3, 0.4) is 0 Å². The number of anilines is 1. The number of ether oxygens (including phenoxy) is 3. The van der Waals surface area contributed by atoms with Gasteiger partial charge in [0.25, 0.3) is 5.91 Å². The molecule has 1 fully saturated rings. The van der Waals surface area contributed by atoms with Gasteiger partial charge in [-0.25, -0.2) is 4.98 Å². The molecule has 0 N–H and O–H groups in total. The Bertz CT molecular complexity index is 783. The van der Waals surface area contributed by atoms with Crippen molar-refractivity contribution in [2.75, 3.05) is 31.5 Å². The first-order valence-electron chi connectivity index (χ1n) is 8.19. The van der Waals surface area contributed by atoms with Crippen molar-refractivity contribution in [3.63, 3.8) is 0 Å². The van der Waals surface area contributed by atoms with Crippen molar-refractivity contribution in [1.82, 2.24) is 4.98 Å². The topological polar surface area (TPSA) is 78.0 Å². The van der Waals surface area contributed by atoms with Gasteiger partial charge in [0.2, 0.25) is 0 Å². The van der Waals surface area contributed by atoms with Crippen LogP contribution in [-0.4, -0.2) is 49.5 Å². The minimum Gasteiger partial charge on any atom is -0.463 e. The lowest BCUT2D eigenvalue weighted by molar-refractivity contribution is -0.146. The van der Waals surface area contributed by atoms with Crippen molar-refractivity contribution in [1.29, 1.82) is 0 Å². The van der Waals surface area contributed by atoms with Gasteiger partial charge >= 0.3 is 5.97 Å². The molecule has 1 aliphatic carbocycles. The van der Waals surface area contributed by atoms with Crippen LogP contribution in [0.25, 0.3) is 0 Å². The number of amides is 1. The number of pyridine rings is 1. The summed E-state index contributed by atoms with van der Waals surface area (Å²) in [7, 11) is 0. The molecule has 134 valence electrons. The first kappa shape index (κ1) is 17.9. The standard InChI is InChI=1S/C19H18N2O5/c22-18(25-13-16-12-24-14-26-16)9-11-21(17-8-4-5-10-20-17)19(23)15-6-2-1-3-7-15/h2,4-8,10,16H,9,11-14H2. The van der Waals surface area contributed by atoms with Crippen LogP contribution in [0, 0.1) is 0 Å². The van der Waals surface area contributed by atoms with Crippen molar-refractivity contribution in [3.8, 4) is 0 Å². The van der Waals surface area contributed by atoms with Gasteiger partial charge in [-0.2, -0.15) is 0 Å². The number of carbonyl (C=O) groups is 2. The molecule has 0 spiro atoms. The molecule has 1 atom stereocenters. The second-order valence-corrected chi connectivity index (χ2v) is 5.58. The Labute approximate surface area is 150 Å². The summed E-state index contributed by atoms with van der Waals surface area (Å²) in [5.41, 5.74) is 5.95. The normalized spacial score (nSPS) is 17.8. The first-order chi connectivity index (χ1) is 12.7. The van der Waals surface area contributed by atoms with Gasteiger partial charge in [-0.05, 0) is 24.3 Å². The summed E-state index contributed by atoms with van der Waals surface area (Å²) in [5.74, 6) is -0.220. The zero-order valence-corrected chi connectivity index (χ0v) is 14.1. The molecule has 7 heteroatoms. The second-order valence-electron chi connectivity index (χ2n) is 5.58. The number of allylic oxidation sites excluding steroid dienone is 2. The molecule has 0 radical (unpaired) electrons. The van der Waals surface area contributed by atoms with Crippen LogP contribution in [0.15, 0.2) is 59.7 Å². The zero-order chi connectivity index (χ0) is 18.2. The van der Waals surface area contributed by atoms with Crippen LogP contribution in [0.5, 0.6) is 0 Å². The Balaban J connectivity index is 1.61. The first-order valence-corrected chi connectivity index (χ1v) is 8.19. The van der Waals surface area contributed by atoms with Crippen LogP contribution < -0.4 is 4.90 Å². The zero-order valence-electron chi connectivity index (χ0n) is 14.1. The largest absolute Gasteiger partial charge is 0.463 e. The number of esters is 1. The van der Waals surface area contributed by atoms with Gasteiger partial charge in [-0.3, -0.25) is 14.5 Å². The van der Waals surface area contributed by atoms with E-state index >= 15 is 0 Å². The molecular weight excluding hydrogens is 336 g/mol. The highest BCUT2D eigenvalue weighted by atomic mass is 16.7. The molecule has 7 nitrogen and oxygen atoms in total. The molecule has 2 aliphatic rings. The third kappa shape index (κ3) is 4.79. The summed E-state index contributed by atoms with van der Waals surface area (Å²) in [6.07, 6.45) is 6.21. The lowest BCUT2D eigenvalue weighted by atomic mass is 10.1. The van der Waals surface area contributed by atoms with Crippen molar-refractivity contribution >= 4 is 17.7 Å². The van der Waals surface area contributed by atoms with E-state index in [1.54, 1.807) is 42.6 Å². The number of nitrogens with zero attached hydrogens (tertiary/aromatic N) is 2. The molecule has 2 heterocycles. The molecular formula is C19H18N2O5. The van der Waals surface area contributed by atoms with Gasteiger partial charge < -0.3 is 14.2 Å². The number of rotatable bonds is 7. The van der Waals surface area contributed by atoms with E-state index in [0.29, 0.717) is 18.0 Å². The summed E-state index contributed by atoms with van der Waals surface area (Å²) in [6, 6.07) is 5.25. The number of aromatic nitrogens is 1. The van der Waals surface area contributed by atoms with Gasteiger partial charge in [0.15, 0.2) is 0 Å². The predicted molar refractivity (Wildman–Crippen MR) is 92.1 cm³/mol. The third-order valence-corrected chi connectivity index (χ3v) is 3.74. The monoisotopic (exact) mass is 354 g/mol. The van der Waals surface area contributed by atoms with Crippen molar-refractivity contribution in [2.45, 2.75) is 12.5 Å². The fraction of sp³-hybridized carbons (Fsp3) is 0.316. The summed E-state index contributed by atoms with van der Waals surface area (Å²) in [4.78, 5) is 30.4. The number of hydrogen-bond acceptors (Lipinski definition) is 6. The summed E-state index contributed by atoms with van der Waals surface area (Å²) in [5, 5.41) is 0. The number of hydrogen-bond donors (Lipinski definition) is 0. The maximum absolute atomic E-state index is 12.8. The highest BCUT2D eigenvalue weighted by Gasteiger charge is 2.22. The van der Waals surface area contributed by atoms with Gasteiger partial charge in [0, 0.05) is 24.4 Å². The van der Waals surface area contributed by atoms with Gasteiger partial charge in [-0.15, -0.1) is 0 Å². The molecule has 1 aromatic rings. The highest BCUT2D eigenvalue weighted by Crippen LogP contribution is 2.16. The van der Waals surface area contributed by atoms with E-state index in [1.165, 1.54) is 4.90 Å². The lowest BCUT2D eigenvalue weighted by Crippen LogP contribution is -2.35. The van der Waals surface area contributed by atoms with E-state index in [9.17, 15) is 9.59 Å². The van der Waals surface area contributed by atoms with Crippen LogP contribution >= 0.6 is 0 Å².